The topological polar surface area (TPSA) is 49.4 Å². The van der Waals surface area contributed by atoms with Crippen LogP contribution >= 0.6 is 0 Å². The minimum atomic E-state index is -3.32. The van der Waals surface area contributed by atoms with Gasteiger partial charge in [0.1, 0.15) is 0 Å². The molecule has 5 heteroatoms. The van der Waals surface area contributed by atoms with E-state index < -0.39 is 10.2 Å². The van der Waals surface area contributed by atoms with E-state index in [2.05, 4.69) is 11.6 Å². The molecule has 0 aromatic heterocycles. The lowest BCUT2D eigenvalue weighted by Gasteiger charge is -2.59. The summed E-state index contributed by atoms with van der Waals surface area (Å²) in [5, 5.41) is 0. The first-order chi connectivity index (χ1) is 9.34. The van der Waals surface area contributed by atoms with Crippen molar-refractivity contribution in [3.63, 3.8) is 0 Å². The summed E-state index contributed by atoms with van der Waals surface area (Å²) in [5.41, 5.74) is 0.243. The SMILES string of the molecule is CCC(NS(=O)(=O)N(C)C)C12CC3CC(CC(C3)C1)C2. The van der Waals surface area contributed by atoms with Gasteiger partial charge >= 0.3 is 0 Å². The zero-order valence-electron chi connectivity index (χ0n) is 12.9. The standard InChI is InChI=1S/C15H28N2O2S/c1-4-14(16-20(18,19)17(2)3)15-8-11-5-12(9-15)7-13(6-11)10-15/h11-14,16H,4-10H2,1-3H3. The highest BCUT2D eigenvalue weighted by molar-refractivity contribution is 7.87. The second-order valence-corrected chi connectivity index (χ2v) is 9.56. The summed E-state index contributed by atoms with van der Waals surface area (Å²) in [5.74, 6) is 2.58. The maximum absolute atomic E-state index is 12.2. The minimum absolute atomic E-state index is 0.114. The first kappa shape index (κ1) is 14.8. The van der Waals surface area contributed by atoms with Crippen molar-refractivity contribution in [3.8, 4) is 0 Å². The van der Waals surface area contributed by atoms with Gasteiger partial charge in [-0.1, -0.05) is 6.92 Å². The predicted octanol–water partition coefficient (Wildman–Crippen LogP) is 2.38. The highest BCUT2D eigenvalue weighted by atomic mass is 32.2. The first-order valence-corrected chi connectivity index (χ1v) is 9.48. The highest BCUT2D eigenvalue weighted by Crippen LogP contribution is 2.61. The quantitative estimate of drug-likeness (QED) is 0.847. The van der Waals surface area contributed by atoms with Crippen molar-refractivity contribution >= 4 is 10.2 Å². The smallest absolute Gasteiger partial charge is 0.199 e. The van der Waals surface area contributed by atoms with E-state index in [1.54, 1.807) is 14.1 Å². The van der Waals surface area contributed by atoms with Gasteiger partial charge in [0.05, 0.1) is 0 Å². The van der Waals surface area contributed by atoms with Crippen LogP contribution in [-0.4, -0.2) is 32.9 Å². The Morgan fingerprint density at radius 3 is 1.90 bits per heavy atom. The monoisotopic (exact) mass is 300 g/mol. The van der Waals surface area contributed by atoms with Gasteiger partial charge in [0.25, 0.3) is 10.2 Å². The molecule has 116 valence electrons. The second kappa shape index (κ2) is 4.96. The van der Waals surface area contributed by atoms with Gasteiger partial charge < -0.3 is 0 Å². The van der Waals surface area contributed by atoms with Gasteiger partial charge in [-0.25, -0.2) is 0 Å². The third-order valence-corrected chi connectivity index (χ3v) is 7.55. The molecule has 0 radical (unpaired) electrons. The predicted molar refractivity (Wildman–Crippen MR) is 80.4 cm³/mol. The Morgan fingerprint density at radius 2 is 1.55 bits per heavy atom. The number of hydrogen-bond donors (Lipinski definition) is 1. The van der Waals surface area contributed by atoms with Crippen molar-refractivity contribution in [3.05, 3.63) is 0 Å². The van der Waals surface area contributed by atoms with Gasteiger partial charge in [-0.3, -0.25) is 0 Å². The van der Waals surface area contributed by atoms with Crippen LogP contribution in [0.5, 0.6) is 0 Å². The van der Waals surface area contributed by atoms with E-state index in [-0.39, 0.29) is 11.5 Å². The molecule has 4 aliphatic carbocycles. The normalized spacial score (nSPS) is 41.3. The lowest BCUT2D eigenvalue weighted by molar-refractivity contribution is -0.0705. The molecule has 20 heavy (non-hydrogen) atoms. The molecule has 4 bridgehead atoms. The Kier molecular flexibility index (Phi) is 3.67. The van der Waals surface area contributed by atoms with Crippen LogP contribution in [0.25, 0.3) is 0 Å². The number of rotatable bonds is 5. The van der Waals surface area contributed by atoms with Crippen molar-refractivity contribution in [2.75, 3.05) is 14.1 Å². The summed E-state index contributed by atoms with van der Waals surface area (Å²) in [6, 6.07) is 0.114. The van der Waals surface area contributed by atoms with Crippen LogP contribution in [0, 0.1) is 23.2 Å². The van der Waals surface area contributed by atoms with E-state index in [0.717, 1.165) is 24.2 Å². The summed E-state index contributed by atoms with van der Waals surface area (Å²) < 4.78 is 28.7. The van der Waals surface area contributed by atoms with Crippen LogP contribution in [0.4, 0.5) is 0 Å². The zero-order valence-corrected chi connectivity index (χ0v) is 13.7. The molecule has 4 fully saturated rings. The number of hydrogen-bond acceptors (Lipinski definition) is 2. The zero-order chi connectivity index (χ0) is 14.5. The van der Waals surface area contributed by atoms with Gasteiger partial charge in [0, 0.05) is 20.1 Å². The highest BCUT2D eigenvalue weighted by Gasteiger charge is 2.54. The van der Waals surface area contributed by atoms with Crippen molar-refractivity contribution in [1.29, 1.82) is 0 Å². The Balaban J connectivity index is 1.82. The molecule has 4 nitrogen and oxygen atoms in total. The molecule has 1 N–H and O–H groups in total. The third-order valence-electron chi connectivity index (χ3n) is 6.00. The maximum atomic E-state index is 12.2. The Morgan fingerprint density at radius 1 is 1.10 bits per heavy atom. The van der Waals surface area contributed by atoms with Crippen molar-refractivity contribution < 1.29 is 8.42 Å². The number of nitrogens with one attached hydrogen (secondary N) is 1. The van der Waals surface area contributed by atoms with Crippen molar-refractivity contribution in [2.24, 2.45) is 23.2 Å². The molecule has 4 aliphatic rings. The molecule has 0 aromatic carbocycles. The summed E-state index contributed by atoms with van der Waals surface area (Å²) in [7, 11) is -0.108. The molecule has 0 amide bonds. The van der Waals surface area contributed by atoms with Crippen LogP contribution in [-0.2, 0) is 10.2 Å². The van der Waals surface area contributed by atoms with E-state index in [0.29, 0.717) is 0 Å². The van der Waals surface area contributed by atoms with Crippen molar-refractivity contribution in [1.82, 2.24) is 9.03 Å². The average molecular weight is 300 g/mol. The molecule has 1 atom stereocenters. The van der Waals surface area contributed by atoms with E-state index in [1.807, 2.05) is 0 Å². The summed E-state index contributed by atoms with van der Waals surface area (Å²) in [6.07, 6.45) is 8.83. The molecule has 4 rings (SSSR count). The van der Waals surface area contributed by atoms with Crippen LogP contribution in [0.15, 0.2) is 0 Å². The summed E-state index contributed by atoms with van der Waals surface area (Å²) in [6.45, 7) is 2.13. The van der Waals surface area contributed by atoms with Crippen LogP contribution in [0.3, 0.4) is 0 Å². The van der Waals surface area contributed by atoms with Gasteiger partial charge in [0.15, 0.2) is 0 Å². The minimum Gasteiger partial charge on any atom is -0.199 e. The molecule has 0 saturated heterocycles. The van der Waals surface area contributed by atoms with Crippen LogP contribution in [0.1, 0.15) is 51.9 Å². The van der Waals surface area contributed by atoms with Gasteiger partial charge in [-0.05, 0) is 68.1 Å². The average Bonchev–Trinajstić information content (AvgIpc) is 2.34. The summed E-state index contributed by atoms with van der Waals surface area (Å²) >= 11 is 0. The molecular formula is C15H28N2O2S. The molecule has 0 aliphatic heterocycles. The van der Waals surface area contributed by atoms with E-state index >= 15 is 0 Å². The van der Waals surface area contributed by atoms with E-state index in [1.165, 1.54) is 42.8 Å². The Hall–Kier alpha value is -0.130. The molecule has 0 aromatic rings. The van der Waals surface area contributed by atoms with Crippen molar-refractivity contribution in [2.45, 2.75) is 57.9 Å². The van der Waals surface area contributed by atoms with Gasteiger partial charge in [-0.15, -0.1) is 0 Å². The Bertz CT molecular complexity index is 437. The van der Waals surface area contributed by atoms with E-state index in [4.69, 9.17) is 0 Å². The second-order valence-electron chi connectivity index (χ2n) is 7.65. The number of nitrogens with zero attached hydrogens (tertiary/aromatic N) is 1. The van der Waals surface area contributed by atoms with Crippen LogP contribution in [0.2, 0.25) is 0 Å². The fraction of sp³-hybridized carbons (Fsp3) is 1.00. The fourth-order valence-electron chi connectivity index (χ4n) is 5.53. The fourth-order valence-corrected chi connectivity index (χ4v) is 6.52. The van der Waals surface area contributed by atoms with Gasteiger partial charge in [0.2, 0.25) is 0 Å². The van der Waals surface area contributed by atoms with Crippen LogP contribution < -0.4 is 4.72 Å². The largest absolute Gasteiger partial charge is 0.279 e. The maximum Gasteiger partial charge on any atom is 0.279 e. The summed E-state index contributed by atoms with van der Waals surface area (Å²) in [4.78, 5) is 0. The molecule has 0 spiro atoms. The third kappa shape index (κ3) is 2.42. The lowest BCUT2D eigenvalue weighted by atomic mass is 9.47. The lowest BCUT2D eigenvalue weighted by Crippen LogP contribution is -2.57. The van der Waals surface area contributed by atoms with Gasteiger partial charge in [-0.2, -0.15) is 17.4 Å². The molecular weight excluding hydrogens is 272 g/mol. The first-order valence-electron chi connectivity index (χ1n) is 8.04. The van der Waals surface area contributed by atoms with E-state index in [9.17, 15) is 8.42 Å². The molecule has 4 saturated carbocycles. The Labute approximate surface area is 123 Å². The molecule has 1 unspecified atom stereocenters. The molecule has 0 heterocycles.